The van der Waals surface area contributed by atoms with Crippen LogP contribution in [0.4, 0.5) is 11.4 Å². The summed E-state index contributed by atoms with van der Waals surface area (Å²) < 4.78 is 5.17. The Hall–Kier alpha value is -5.25. The van der Waals surface area contributed by atoms with Crippen molar-refractivity contribution < 1.29 is 4.42 Å². The van der Waals surface area contributed by atoms with E-state index in [1.54, 1.807) is 18.7 Å². The molecule has 3 aromatic heterocycles. The molecule has 0 radical (unpaired) electrons. The van der Waals surface area contributed by atoms with Gasteiger partial charge in [0.2, 0.25) is 0 Å². The standard InChI is InChI=1S/C34H27N5O/c35-19-30-22-38-33-18-29(28-5-1-25(2-6-28)20-37-21-26-11-14-36-15-12-26)7-10-32(33)34(30)39-31-8-3-24(4-9-31)17-27-13-16-40-23-27/h1-16,18,22-23,37H,17,20-21H2,(H,38,39). The van der Waals surface area contributed by atoms with E-state index in [1.807, 2.05) is 48.8 Å². The number of rotatable bonds is 9. The van der Waals surface area contributed by atoms with Gasteiger partial charge >= 0.3 is 0 Å². The smallest absolute Gasteiger partial charge is 0.103 e. The molecule has 6 heteroatoms. The van der Waals surface area contributed by atoms with Crippen LogP contribution in [-0.2, 0) is 19.5 Å². The molecule has 3 heterocycles. The maximum absolute atomic E-state index is 9.78. The van der Waals surface area contributed by atoms with Crippen LogP contribution in [0, 0.1) is 11.3 Å². The van der Waals surface area contributed by atoms with Gasteiger partial charge in [-0.05, 0) is 69.8 Å². The summed E-state index contributed by atoms with van der Waals surface area (Å²) in [6.45, 7) is 1.59. The molecule has 0 aliphatic rings. The molecule has 0 fully saturated rings. The lowest BCUT2D eigenvalue weighted by molar-refractivity contribution is 0.564. The third-order valence-electron chi connectivity index (χ3n) is 6.90. The number of pyridine rings is 2. The van der Waals surface area contributed by atoms with Gasteiger partial charge in [-0.15, -0.1) is 0 Å². The first-order valence-electron chi connectivity index (χ1n) is 13.1. The Morgan fingerprint density at radius 3 is 2.20 bits per heavy atom. The number of nitrogens with zero attached hydrogens (tertiary/aromatic N) is 3. The van der Waals surface area contributed by atoms with Crippen molar-refractivity contribution in [2.75, 3.05) is 5.32 Å². The topological polar surface area (TPSA) is 86.8 Å². The van der Waals surface area contributed by atoms with Gasteiger partial charge in [-0.25, -0.2) is 0 Å². The van der Waals surface area contributed by atoms with Crippen molar-refractivity contribution in [3.8, 4) is 17.2 Å². The molecule has 0 bridgehead atoms. The van der Waals surface area contributed by atoms with E-state index in [9.17, 15) is 5.26 Å². The second-order valence-corrected chi connectivity index (χ2v) is 9.68. The molecule has 0 amide bonds. The quantitative estimate of drug-likeness (QED) is 0.206. The third-order valence-corrected chi connectivity index (χ3v) is 6.90. The lowest BCUT2D eigenvalue weighted by Gasteiger charge is -2.13. The highest BCUT2D eigenvalue weighted by atomic mass is 16.3. The van der Waals surface area contributed by atoms with Gasteiger partial charge < -0.3 is 15.1 Å². The molecule has 194 valence electrons. The molecule has 0 saturated heterocycles. The number of hydrogen-bond donors (Lipinski definition) is 2. The number of furan rings is 1. The van der Waals surface area contributed by atoms with Crippen molar-refractivity contribution in [3.05, 3.63) is 144 Å². The maximum atomic E-state index is 9.78. The second-order valence-electron chi connectivity index (χ2n) is 9.68. The van der Waals surface area contributed by atoms with E-state index in [4.69, 9.17) is 4.42 Å². The highest BCUT2D eigenvalue weighted by molar-refractivity contribution is 5.97. The van der Waals surface area contributed by atoms with Crippen molar-refractivity contribution in [2.45, 2.75) is 19.5 Å². The first-order chi connectivity index (χ1) is 19.7. The molecule has 3 aromatic carbocycles. The van der Waals surface area contributed by atoms with Crippen LogP contribution in [0.2, 0.25) is 0 Å². The van der Waals surface area contributed by atoms with Gasteiger partial charge in [0.1, 0.15) is 6.07 Å². The summed E-state index contributed by atoms with van der Waals surface area (Å²) >= 11 is 0. The predicted octanol–water partition coefficient (Wildman–Crippen LogP) is 7.39. The van der Waals surface area contributed by atoms with Crippen LogP contribution in [0.1, 0.15) is 27.8 Å². The minimum Gasteiger partial charge on any atom is -0.472 e. The monoisotopic (exact) mass is 521 g/mol. The fourth-order valence-electron chi connectivity index (χ4n) is 4.74. The number of aromatic nitrogens is 2. The van der Waals surface area contributed by atoms with Crippen LogP contribution in [-0.4, -0.2) is 9.97 Å². The van der Waals surface area contributed by atoms with Crippen molar-refractivity contribution in [2.24, 2.45) is 0 Å². The van der Waals surface area contributed by atoms with E-state index in [-0.39, 0.29) is 0 Å². The van der Waals surface area contributed by atoms with Gasteiger partial charge in [0.05, 0.1) is 29.3 Å². The maximum Gasteiger partial charge on any atom is 0.103 e. The minimum absolute atomic E-state index is 0.506. The molecule has 0 saturated carbocycles. The molecule has 6 aromatic rings. The minimum atomic E-state index is 0.506. The predicted molar refractivity (Wildman–Crippen MR) is 158 cm³/mol. The number of anilines is 2. The Bertz CT molecular complexity index is 1760. The first-order valence-corrected chi connectivity index (χ1v) is 13.1. The van der Waals surface area contributed by atoms with Gasteiger partial charge in [-0.2, -0.15) is 5.26 Å². The zero-order chi connectivity index (χ0) is 27.1. The summed E-state index contributed by atoms with van der Waals surface area (Å²) in [4.78, 5) is 8.66. The second kappa shape index (κ2) is 11.6. The molecule has 40 heavy (non-hydrogen) atoms. The fraction of sp³-hybridized carbons (Fsp3) is 0.0882. The van der Waals surface area contributed by atoms with E-state index < -0.39 is 0 Å². The molecule has 2 N–H and O–H groups in total. The van der Waals surface area contributed by atoms with Crippen LogP contribution in [0.5, 0.6) is 0 Å². The highest BCUT2D eigenvalue weighted by Gasteiger charge is 2.11. The Labute approximate surface area is 233 Å². The average Bonchev–Trinajstić information content (AvgIpc) is 3.52. The van der Waals surface area contributed by atoms with E-state index in [1.165, 1.54) is 16.7 Å². The molecule has 0 spiro atoms. The average molecular weight is 522 g/mol. The summed E-state index contributed by atoms with van der Waals surface area (Å²) in [6.07, 6.45) is 9.52. The van der Waals surface area contributed by atoms with Crippen LogP contribution >= 0.6 is 0 Å². The van der Waals surface area contributed by atoms with E-state index in [0.717, 1.165) is 58.5 Å². The lowest BCUT2D eigenvalue weighted by atomic mass is 10.0. The Kier molecular flexibility index (Phi) is 7.29. The zero-order valence-electron chi connectivity index (χ0n) is 21.8. The largest absolute Gasteiger partial charge is 0.472 e. The lowest BCUT2D eigenvalue weighted by Crippen LogP contribution is -2.12. The number of nitrogens with one attached hydrogen (secondary N) is 2. The van der Waals surface area contributed by atoms with Gasteiger partial charge in [0.15, 0.2) is 0 Å². The number of nitriles is 1. The highest BCUT2D eigenvalue weighted by Crippen LogP contribution is 2.32. The summed E-state index contributed by atoms with van der Waals surface area (Å²) in [7, 11) is 0. The fourth-order valence-corrected chi connectivity index (χ4v) is 4.74. The van der Waals surface area contributed by atoms with Gasteiger partial charge in [-0.1, -0.05) is 48.5 Å². The van der Waals surface area contributed by atoms with Crippen LogP contribution < -0.4 is 10.6 Å². The van der Waals surface area contributed by atoms with Crippen LogP contribution in [0.25, 0.3) is 22.0 Å². The summed E-state index contributed by atoms with van der Waals surface area (Å²) in [5, 5.41) is 17.6. The van der Waals surface area contributed by atoms with Crippen molar-refractivity contribution in [1.29, 1.82) is 5.26 Å². The molecule has 0 aliphatic carbocycles. The molecule has 0 unspecified atom stereocenters. The normalized spacial score (nSPS) is 10.9. The van der Waals surface area contributed by atoms with Crippen molar-refractivity contribution in [1.82, 2.24) is 15.3 Å². The van der Waals surface area contributed by atoms with Gasteiger partial charge in [0, 0.05) is 49.2 Å². The Morgan fingerprint density at radius 2 is 1.48 bits per heavy atom. The van der Waals surface area contributed by atoms with E-state index >= 15 is 0 Å². The number of fused-ring (bicyclic) bond motifs is 1. The third kappa shape index (κ3) is 5.75. The molecular formula is C34H27N5O. The van der Waals surface area contributed by atoms with Crippen molar-refractivity contribution in [3.63, 3.8) is 0 Å². The zero-order valence-corrected chi connectivity index (χ0v) is 21.8. The van der Waals surface area contributed by atoms with Crippen LogP contribution in [0.15, 0.2) is 120 Å². The molecule has 0 aliphatic heterocycles. The Morgan fingerprint density at radius 1 is 0.750 bits per heavy atom. The number of hydrogen-bond acceptors (Lipinski definition) is 6. The van der Waals surface area contributed by atoms with E-state index in [2.05, 4.69) is 75.2 Å². The van der Waals surface area contributed by atoms with E-state index in [0.29, 0.717) is 5.56 Å². The molecule has 0 atom stereocenters. The van der Waals surface area contributed by atoms with Gasteiger partial charge in [-0.3, -0.25) is 9.97 Å². The van der Waals surface area contributed by atoms with Crippen LogP contribution in [0.3, 0.4) is 0 Å². The summed E-state index contributed by atoms with van der Waals surface area (Å²) in [5.41, 5.74) is 9.97. The molecule has 6 nitrogen and oxygen atoms in total. The van der Waals surface area contributed by atoms with Crippen molar-refractivity contribution >= 4 is 22.3 Å². The van der Waals surface area contributed by atoms with Gasteiger partial charge in [0.25, 0.3) is 0 Å². The SMILES string of the molecule is N#Cc1cnc2cc(-c3ccc(CNCc4ccncc4)cc3)ccc2c1Nc1ccc(Cc2ccoc2)cc1. The summed E-state index contributed by atoms with van der Waals surface area (Å²) in [5.74, 6) is 0. The molecular weight excluding hydrogens is 494 g/mol. The summed E-state index contributed by atoms with van der Waals surface area (Å²) in [6, 6.07) is 31.3. The number of benzene rings is 3. The molecule has 6 rings (SSSR count). The Balaban J connectivity index is 1.18. The first kappa shape index (κ1) is 25.1.